The molecule has 0 amide bonds. The van der Waals surface area contributed by atoms with Gasteiger partial charge in [0.1, 0.15) is 25.1 Å². The number of allylic oxidation sites excluding steroid dienone is 2. The number of aliphatic hydroxyl groups excluding tert-OH is 1. The van der Waals surface area contributed by atoms with E-state index in [1.54, 1.807) is 45.2 Å². The number of nitrogens with one attached hydrogen (secondary N) is 2. The molecule has 1 atom stereocenters. The molecule has 0 saturated heterocycles. The minimum absolute atomic E-state index is 0.0753. The van der Waals surface area contributed by atoms with Gasteiger partial charge in [0.2, 0.25) is 0 Å². The molecule has 0 spiro atoms. The first-order chi connectivity index (χ1) is 18.8. The monoisotopic (exact) mass is 540 g/mol. The van der Waals surface area contributed by atoms with Crippen LogP contribution in [0.2, 0.25) is 0 Å². The summed E-state index contributed by atoms with van der Waals surface area (Å²) >= 11 is 0. The molecule has 3 N–H and O–H groups in total. The van der Waals surface area contributed by atoms with Gasteiger partial charge in [-0.15, -0.1) is 0 Å². The summed E-state index contributed by atoms with van der Waals surface area (Å²) < 4.78 is 26.7. The second-order valence-corrected chi connectivity index (χ2v) is 8.86. The van der Waals surface area contributed by atoms with Crippen molar-refractivity contribution in [2.24, 2.45) is 0 Å². The van der Waals surface area contributed by atoms with Gasteiger partial charge in [0.05, 0.1) is 38.4 Å². The van der Waals surface area contributed by atoms with Crippen LogP contribution >= 0.6 is 0 Å². The fourth-order valence-corrected chi connectivity index (χ4v) is 4.34. The van der Waals surface area contributed by atoms with Crippen molar-refractivity contribution in [1.29, 1.82) is 0 Å². The number of dihydropyridines is 1. The number of hydrogen-bond donors (Lipinski definition) is 3. The van der Waals surface area contributed by atoms with Gasteiger partial charge in [-0.2, -0.15) is 0 Å². The summed E-state index contributed by atoms with van der Waals surface area (Å²) in [7, 11) is 4.19. The lowest BCUT2D eigenvalue weighted by atomic mass is 9.80. The largest absolute Gasteiger partial charge is 0.493 e. The van der Waals surface area contributed by atoms with Gasteiger partial charge in [0.15, 0.2) is 11.5 Å². The van der Waals surface area contributed by atoms with Crippen LogP contribution < -0.4 is 24.8 Å². The molecule has 1 aliphatic heterocycles. The van der Waals surface area contributed by atoms with Crippen LogP contribution in [-0.4, -0.2) is 70.8 Å². The lowest BCUT2D eigenvalue weighted by molar-refractivity contribution is -0.137. The Kier molecular flexibility index (Phi) is 10.8. The number of aliphatic hydroxyl groups is 1. The van der Waals surface area contributed by atoms with Gasteiger partial charge in [-0.05, 0) is 43.7 Å². The van der Waals surface area contributed by atoms with Crippen molar-refractivity contribution in [3.8, 4) is 17.2 Å². The predicted octanol–water partition coefficient (Wildman–Crippen LogP) is 2.68. The molecule has 2 aromatic carbocycles. The molecule has 10 heteroatoms. The van der Waals surface area contributed by atoms with Crippen molar-refractivity contribution in [2.45, 2.75) is 25.9 Å². The minimum Gasteiger partial charge on any atom is -0.493 e. The van der Waals surface area contributed by atoms with Crippen molar-refractivity contribution in [1.82, 2.24) is 10.6 Å². The molecule has 3 rings (SSSR count). The number of para-hydroxylation sites is 2. The van der Waals surface area contributed by atoms with Crippen molar-refractivity contribution >= 4 is 11.9 Å². The second kappa shape index (κ2) is 14.2. The molecular weight excluding hydrogens is 504 g/mol. The smallest absolute Gasteiger partial charge is 0.336 e. The Labute approximate surface area is 228 Å². The van der Waals surface area contributed by atoms with Crippen LogP contribution in [0.5, 0.6) is 17.2 Å². The Bertz CT molecular complexity index is 1170. The number of methoxy groups -OCH3 is 3. The molecule has 210 valence electrons. The van der Waals surface area contributed by atoms with Gasteiger partial charge in [0.25, 0.3) is 0 Å². The van der Waals surface area contributed by atoms with Crippen LogP contribution in [0, 0.1) is 0 Å². The van der Waals surface area contributed by atoms with E-state index in [1.807, 2.05) is 24.3 Å². The maximum atomic E-state index is 12.6. The third-order valence-electron chi connectivity index (χ3n) is 6.21. The normalized spacial score (nSPS) is 14.4. The van der Waals surface area contributed by atoms with Crippen LogP contribution in [0.4, 0.5) is 0 Å². The zero-order chi connectivity index (χ0) is 28.4. The first-order valence-corrected chi connectivity index (χ1v) is 12.5. The van der Waals surface area contributed by atoms with Crippen LogP contribution in [0.1, 0.15) is 25.3 Å². The van der Waals surface area contributed by atoms with Gasteiger partial charge >= 0.3 is 11.9 Å². The Morgan fingerprint density at radius 2 is 1.49 bits per heavy atom. The van der Waals surface area contributed by atoms with Crippen molar-refractivity contribution in [3.63, 3.8) is 0 Å². The van der Waals surface area contributed by atoms with Gasteiger partial charge in [-0.3, -0.25) is 0 Å². The molecule has 0 aliphatic carbocycles. The van der Waals surface area contributed by atoms with E-state index in [9.17, 15) is 14.7 Å². The van der Waals surface area contributed by atoms with E-state index in [1.165, 1.54) is 14.2 Å². The highest BCUT2D eigenvalue weighted by atomic mass is 16.5. The van der Waals surface area contributed by atoms with E-state index in [4.69, 9.17) is 23.7 Å². The van der Waals surface area contributed by atoms with E-state index in [-0.39, 0.29) is 6.61 Å². The molecule has 0 bridgehead atoms. The average molecular weight is 541 g/mol. The van der Waals surface area contributed by atoms with Gasteiger partial charge in [-0.25, -0.2) is 9.59 Å². The molecule has 0 radical (unpaired) electrons. The second-order valence-electron chi connectivity index (χ2n) is 8.86. The van der Waals surface area contributed by atoms with E-state index in [0.29, 0.717) is 65.0 Å². The summed E-state index contributed by atoms with van der Waals surface area (Å²) in [6.07, 6.45) is -0.742. The lowest BCUT2D eigenvalue weighted by Crippen LogP contribution is -2.33. The summed E-state index contributed by atoms with van der Waals surface area (Å²) in [4.78, 5) is 25.3. The maximum Gasteiger partial charge on any atom is 0.336 e. The van der Waals surface area contributed by atoms with Crippen LogP contribution in [0.15, 0.2) is 71.1 Å². The Morgan fingerprint density at radius 1 is 0.897 bits per heavy atom. The number of ether oxygens (including phenoxy) is 5. The highest BCUT2D eigenvalue weighted by Gasteiger charge is 2.37. The van der Waals surface area contributed by atoms with Crippen LogP contribution in [0.3, 0.4) is 0 Å². The number of rotatable bonds is 13. The van der Waals surface area contributed by atoms with E-state index in [2.05, 4.69) is 10.6 Å². The summed E-state index contributed by atoms with van der Waals surface area (Å²) in [5, 5.41) is 16.5. The Morgan fingerprint density at radius 3 is 2.05 bits per heavy atom. The van der Waals surface area contributed by atoms with E-state index < -0.39 is 24.0 Å². The maximum absolute atomic E-state index is 12.6. The van der Waals surface area contributed by atoms with Gasteiger partial charge in [-0.1, -0.05) is 24.3 Å². The molecule has 39 heavy (non-hydrogen) atoms. The molecule has 0 fully saturated rings. The molecule has 1 heterocycles. The zero-order valence-corrected chi connectivity index (χ0v) is 22.9. The molecule has 0 saturated carbocycles. The Balaban J connectivity index is 1.56. The first-order valence-electron chi connectivity index (χ1n) is 12.5. The third kappa shape index (κ3) is 7.52. The van der Waals surface area contributed by atoms with Gasteiger partial charge < -0.3 is 39.4 Å². The molecule has 1 aliphatic rings. The summed E-state index contributed by atoms with van der Waals surface area (Å²) in [6, 6.07) is 14.4. The molecular formula is C29H36N2O8. The van der Waals surface area contributed by atoms with Crippen molar-refractivity contribution in [3.05, 3.63) is 76.6 Å². The molecule has 2 aromatic rings. The minimum atomic E-state index is -0.742. The Hall–Kier alpha value is -4.02. The SMILES string of the molecule is COC(=O)C1=C(C)NC(C)=C(C(=O)OC)C1c1ccc(OCC(O)CNCCOc2ccccc2OC)cc1. The quantitative estimate of drug-likeness (QED) is 0.258. The highest BCUT2D eigenvalue weighted by Crippen LogP contribution is 2.39. The zero-order valence-electron chi connectivity index (χ0n) is 22.9. The topological polar surface area (TPSA) is 125 Å². The number of carbonyl (C=O) groups is 2. The van der Waals surface area contributed by atoms with E-state index >= 15 is 0 Å². The third-order valence-corrected chi connectivity index (χ3v) is 6.21. The number of esters is 2. The van der Waals surface area contributed by atoms with Gasteiger partial charge in [0, 0.05) is 24.5 Å². The first kappa shape index (κ1) is 29.5. The summed E-state index contributed by atoms with van der Waals surface area (Å²) in [5.74, 6) is 0.107. The van der Waals surface area contributed by atoms with Crippen molar-refractivity contribution < 1.29 is 38.4 Å². The molecule has 0 aromatic heterocycles. The van der Waals surface area contributed by atoms with E-state index in [0.717, 1.165) is 0 Å². The fraction of sp³-hybridized carbons (Fsp3) is 0.379. The summed E-state index contributed by atoms with van der Waals surface area (Å²) in [6.45, 7) is 4.86. The van der Waals surface area contributed by atoms with Crippen molar-refractivity contribution in [2.75, 3.05) is 47.6 Å². The number of carbonyl (C=O) groups excluding carboxylic acids is 2. The predicted molar refractivity (Wildman–Crippen MR) is 145 cm³/mol. The number of hydrogen-bond acceptors (Lipinski definition) is 10. The molecule has 10 nitrogen and oxygen atoms in total. The summed E-state index contributed by atoms with van der Waals surface area (Å²) in [5.41, 5.74) is 2.55. The lowest BCUT2D eigenvalue weighted by Gasteiger charge is -2.30. The average Bonchev–Trinajstić information content (AvgIpc) is 2.95. The fourth-order valence-electron chi connectivity index (χ4n) is 4.34. The van der Waals surface area contributed by atoms with Crippen LogP contribution in [-0.2, 0) is 19.1 Å². The highest BCUT2D eigenvalue weighted by molar-refractivity contribution is 5.99. The van der Waals surface area contributed by atoms with Crippen LogP contribution in [0.25, 0.3) is 0 Å². The standard InChI is InChI=1S/C29H36N2O8/c1-18-25(28(33)36-4)27(26(19(2)31-18)29(34)37-5)20-10-12-22(13-11-20)39-17-21(32)16-30-14-15-38-24-9-7-6-8-23(24)35-3/h6-13,21,27,30-32H,14-17H2,1-5H3. The number of benzene rings is 2. The molecule has 1 unspecified atom stereocenters.